The number of benzene rings is 2. The van der Waals surface area contributed by atoms with Crippen molar-refractivity contribution >= 4 is 11.3 Å². The van der Waals surface area contributed by atoms with Gasteiger partial charge in [0.2, 0.25) is 0 Å². The number of fused-ring (bicyclic) bond motifs is 1. The van der Waals surface area contributed by atoms with Crippen LogP contribution >= 0.6 is 0 Å². The third-order valence-corrected chi connectivity index (χ3v) is 6.76. The third kappa shape index (κ3) is 3.80. The van der Waals surface area contributed by atoms with E-state index in [1.165, 1.54) is 6.42 Å². The number of aryl methyl sites for hydroxylation is 1. The first-order chi connectivity index (χ1) is 16.1. The van der Waals surface area contributed by atoms with Gasteiger partial charge in [-0.15, -0.1) is 0 Å². The number of ether oxygens (including phenoxy) is 1. The monoisotopic (exact) mass is 442 g/mol. The van der Waals surface area contributed by atoms with Gasteiger partial charge in [-0.3, -0.25) is 4.79 Å². The number of nitrogens with one attached hydrogen (secondary N) is 1. The summed E-state index contributed by atoms with van der Waals surface area (Å²) in [5.41, 5.74) is 6.32. The molecule has 1 aliphatic heterocycles. The lowest BCUT2D eigenvalue weighted by Crippen LogP contribution is -2.30. The van der Waals surface area contributed by atoms with E-state index in [9.17, 15) is 4.79 Å². The Hall–Kier alpha value is -3.54. The molecule has 6 heteroatoms. The summed E-state index contributed by atoms with van der Waals surface area (Å²) in [5.74, 6) is 0.727. The summed E-state index contributed by atoms with van der Waals surface area (Å²) in [7, 11) is 1.66. The van der Waals surface area contributed by atoms with E-state index in [4.69, 9.17) is 9.84 Å². The number of piperidine rings is 1. The Kier molecular flexibility index (Phi) is 5.67. The predicted molar refractivity (Wildman–Crippen MR) is 133 cm³/mol. The molecule has 0 bridgehead atoms. The molecule has 1 fully saturated rings. The molecule has 1 atom stereocenters. The van der Waals surface area contributed by atoms with Crippen molar-refractivity contribution in [2.24, 2.45) is 0 Å². The van der Waals surface area contributed by atoms with Crippen LogP contribution in [0.3, 0.4) is 0 Å². The first kappa shape index (κ1) is 21.3. The van der Waals surface area contributed by atoms with Crippen LogP contribution in [0.1, 0.15) is 48.9 Å². The molecular formula is C27H30N4O2. The zero-order chi connectivity index (χ0) is 22.9. The molecule has 33 heavy (non-hydrogen) atoms. The lowest BCUT2D eigenvalue weighted by atomic mass is 9.93. The summed E-state index contributed by atoms with van der Waals surface area (Å²) in [6.07, 6.45) is 3.55. The Morgan fingerprint density at radius 3 is 2.36 bits per heavy atom. The highest BCUT2D eigenvalue weighted by Crippen LogP contribution is 2.35. The van der Waals surface area contributed by atoms with E-state index in [-0.39, 0.29) is 11.5 Å². The number of anilines is 1. The van der Waals surface area contributed by atoms with Crippen molar-refractivity contribution in [3.63, 3.8) is 0 Å². The second-order valence-electron chi connectivity index (χ2n) is 8.84. The predicted octanol–water partition coefficient (Wildman–Crippen LogP) is 5.15. The van der Waals surface area contributed by atoms with E-state index >= 15 is 0 Å². The number of methoxy groups -OCH3 is 1. The maximum absolute atomic E-state index is 13.8. The van der Waals surface area contributed by atoms with Crippen molar-refractivity contribution in [1.29, 1.82) is 0 Å². The molecule has 0 unspecified atom stereocenters. The molecule has 0 saturated carbocycles. The quantitative estimate of drug-likeness (QED) is 0.464. The van der Waals surface area contributed by atoms with Gasteiger partial charge < -0.3 is 14.6 Å². The fourth-order valence-electron chi connectivity index (χ4n) is 4.97. The summed E-state index contributed by atoms with van der Waals surface area (Å²) >= 11 is 0. The molecule has 3 heterocycles. The van der Waals surface area contributed by atoms with Crippen LogP contribution in [0.5, 0.6) is 5.75 Å². The minimum Gasteiger partial charge on any atom is -0.497 e. The molecule has 5 rings (SSSR count). The van der Waals surface area contributed by atoms with Crippen LogP contribution in [0, 0.1) is 6.92 Å². The van der Waals surface area contributed by atoms with Gasteiger partial charge in [0.1, 0.15) is 17.1 Å². The van der Waals surface area contributed by atoms with Gasteiger partial charge in [-0.25, -0.2) is 0 Å². The summed E-state index contributed by atoms with van der Waals surface area (Å²) in [4.78, 5) is 19.8. The minimum absolute atomic E-state index is 0.0648. The van der Waals surface area contributed by atoms with Gasteiger partial charge in [0.25, 0.3) is 5.56 Å². The molecule has 2 aromatic carbocycles. The molecule has 0 amide bonds. The molecule has 0 spiro atoms. The van der Waals surface area contributed by atoms with Gasteiger partial charge in [0.15, 0.2) is 5.65 Å². The van der Waals surface area contributed by atoms with E-state index in [0.717, 1.165) is 71.1 Å². The summed E-state index contributed by atoms with van der Waals surface area (Å²) in [6.45, 7) is 6.02. The van der Waals surface area contributed by atoms with E-state index in [1.807, 2.05) is 49.4 Å². The second-order valence-corrected chi connectivity index (χ2v) is 8.84. The standard InChI is InChI=1S/C27H30N4O2/c1-18(20-12-14-22(33-3)15-13-20)23-19(2)28-26-25(30-16-8-5-9-17-30)24(29-31(26)27(23)32)21-10-6-4-7-11-21/h4,6-7,10-15,18,28H,5,8-9,16-17H2,1-3H3/t18-/m0/s1. The Balaban J connectivity index is 1.69. The summed E-state index contributed by atoms with van der Waals surface area (Å²) < 4.78 is 6.87. The molecule has 1 aliphatic rings. The van der Waals surface area contributed by atoms with Crippen LogP contribution in [-0.2, 0) is 0 Å². The van der Waals surface area contributed by atoms with E-state index < -0.39 is 0 Å². The van der Waals surface area contributed by atoms with E-state index in [0.29, 0.717) is 0 Å². The average molecular weight is 443 g/mol. The van der Waals surface area contributed by atoms with Crippen molar-refractivity contribution in [1.82, 2.24) is 14.6 Å². The smallest absolute Gasteiger partial charge is 0.278 e. The van der Waals surface area contributed by atoms with Gasteiger partial charge in [-0.2, -0.15) is 9.61 Å². The molecule has 1 saturated heterocycles. The number of hydrogen-bond acceptors (Lipinski definition) is 4. The molecule has 6 nitrogen and oxygen atoms in total. The normalized spacial score (nSPS) is 15.1. The van der Waals surface area contributed by atoms with E-state index in [2.05, 4.69) is 28.9 Å². The van der Waals surface area contributed by atoms with Gasteiger partial charge in [0, 0.05) is 35.8 Å². The molecule has 1 N–H and O–H groups in total. The maximum Gasteiger partial charge on any atom is 0.278 e. The highest BCUT2D eigenvalue weighted by Gasteiger charge is 2.26. The average Bonchev–Trinajstić information content (AvgIpc) is 3.24. The number of rotatable bonds is 5. The Morgan fingerprint density at radius 1 is 1.00 bits per heavy atom. The number of aromatic nitrogens is 3. The summed E-state index contributed by atoms with van der Waals surface area (Å²) in [6, 6.07) is 18.1. The molecule has 170 valence electrons. The van der Waals surface area contributed by atoms with Gasteiger partial charge >= 0.3 is 0 Å². The topological polar surface area (TPSA) is 62.6 Å². The highest BCUT2D eigenvalue weighted by atomic mass is 16.5. The van der Waals surface area contributed by atoms with Crippen LogP contribution in [0.2, 0.25) is 0 Å². The van der Waals surface area contributed by atoms with Crippen molar-refractivity contribution in [2.45, 2.75) is 39.0 Å². The molecule has 4 aromatic rings. The lowest BCUT2D eigenvalue weighted by Gasteiger charge is -2.28. The fourth-order valence-corrected chi connectivity index (χ4v) is 4.97. The molecule has 0 radical (unpaired) electrons. The second kappa shape index (κ2) is 8.77. The lowest BCUT2D eigenvalue weighted by molar-refractivity contribution is 0.414. The Bertz CT molecular complexity index is 1320. The molecular weight excluding hydrogens is 412 g/mol. The van der Waals surface area contributed by atoms with Gasteiger partial charge in [0.05, 0.1) is 7.11 Å². The van der Waals surface area contributed by atoms with Crippen molar-refractivity contribution in [2.75, 3.05) is 25.1 Å². The first-order valence-electron chi connectivity index (χ1n) is 11.7. The Labute approximate surface area is 193 Å². The van der Waals surface area contributed by atoms with Crippen molar-refractivity contribution in [3.8, 4) is 17.0 Å². The van der Waals surface area contributed by atoms with Crippen molar-refractivity contribution in [3.05, 3.63) is 81.8 Å². The Morgan fingerprint density at radius 2 is 1.70 bits per heavy atom. The van der Waals surface area contributed by atoms with Crippen LogP contribution in [0.25, 0.3) is 16.9 Å². The van der Waals surface area contributed by atoms with Crippen molar-refractivity contribution < 1.29 is 4.74 Å². The number of nitrogens with zero attached hydrogens (tertiary/aromatic N) is 3. The molecule has 0 aliphatic carbocycles. The molecule has 2 aromatic heterocycles. The van der Waals surface area contributed by atoms with Gasteiger partial charge in [-0.1, -0.05) is 49.4 Å². The largest absolute Gasteiger partial charge is 0.497 e. The summed E-state index contributed by atoms with van der Waals surface area (Å²) in [5, 5.41) is 4.87. The SMILES string of the molecule is COc1ccc([C@H](C)c2c(C)[nH]c3c(N4CCCCC4)c(-c4ccccc4)nn3c2=O)cc1. The van der Waals surface area contributed by atoms with Crippen LogP contribution in [-0.4, -0.2) is 34.8 Å². The van der Waals surface area contributed by atoms with E-state index in [1.54, 1.807) is 11.6 Å². The number of aromatic amines is 1. The van der Waals surface area contributed by atoms with Crippen LogP contribution in [0.15, 0.2) is 59.4 Å². The maximum atomic E-state index is 13.8. The first-order valence-corrected chi connectivity index (χ1v) is 11.7. The fraction of sp³-hybridized carbons (Fsp3) is 0.333. The van der Waals surface area contributed by atoms with Gasteiger partial charge in [-0.05, 0) is 43.9 Å². The highest BCUT2D eigenvalue weighted by molar-refractivity contribution is 5.86. The van der Waals surface area contributed by atoms with Crippen LogP contribution in [0.4, 0.5) is 5.69 Å². The zero-order valence-electron chi connectivity index (χ0n) is 19.5. The third-order valence-electron chi connectivity index (χ3n) is 6.76. The zero-order valence-corrected chi connectivity index (χ0v) is 19.5. The number of H-pyrrole nitrogens is 1. The van der Waals surface area contributed by atoms with Crippen LogP contribution < -0.4 is 15.2 Å². The minimum atomic E-state index is -0.0770. The number of hydrogen-bond donors (Lipinski definition) is 1.